The van der Waals surface area contributed by atoms with Crippen molar-refractivity contribution >= 4 is 40.9 Å². The number of hydrogen-bond donors (Lipinski definition) is 5. The Bertz CT molecular complexity index is 1230. The molecule has 0 spiro atoms. The van der Waals surface area contributed by atoms with Crippen LogP contribution in [0.5, 0.6) is 0 Å². The second-order valence-corrected chi connectivity index (χ2v) is 7.05. The number of nitrogens with two attached hydrogens (primary N) is 1. The Labute approximate surface area is 185 Å². The molecule has 0 radical (unpaired) electrons. The third kappa shape index (κ3) is 4.35. The van der Waals surface area contributed by atoms with Crippen LogP contribution in [0.25, 0.3) is 17.2 Å². The zero-order chi connectivity index (χ0) is 23.5. The van der Waals surface area contributed by atoms with E-state index in [4.69, 9.17) is 10.5 Å². The van der Waals surface area contributed by atoms with Crippen LogP contribution in [0.15, 0.2) is 41.8 Å². The maximum Gasteiger partial charge on any atom is 0.276 e. The Kier molecular flexibility index (Phi) is 6.23. The largest absolute Gasteiger partial charge is 0.394 e. The fraction of sp³-hybridized carbons (Fsp3) is 0.263. The van der Waals surface area contributed by atoms with Crippen LogP contribution < -0.4 is 11.2 Å². The van der Waals surface area contributed by atoms with Crippen LogP contribution in [-0.4, -0.2) is 70.9 Å². The number of nitro benzene ring substituents is 1. The van der Waals surface area contributed by atoms with Gasteiger partial charge in [-0.2, -0.15) is 15.1 Å². The molecule has 4 unspecified atom stereocenters. The van der Waals surface area contributed by atoms with Gasteiger partial charge in [0.25, 0.3) is 5.69 Å². The molecule has 4 atom stereocenters. The van der Waals surface area contributed by atoms with Gasteiger partial charge < -0.3 is 25.8 Å². The van der Waals surface area contributed by atoms with Crippen molar-refractivity contribution in [1.82, 2.24) is 19.5 Å². The summed E-state index contributed by atoms with van der Waals surface area (Å²) in [6.45, 7) is -0.473. The standard InChI is InChI=1S/C19H20N8O6/c20-16-13-17(26(9-21-13)18-15(30)14(29)12(8-28)33-18)24-19(23-16)25-22-7-3-5-10-4-1-2-6-11(10)27(31)32/h1-7,9,12,14-15,18,28-30H,8H2,(H3,20,23,24,25)/b5-3+,22-7+. The molecule has 4 rings (SSSR count). The van der Waals surface area contributed by atoms with E-state index in [1.165, 1.54) is 35.3 Å². The monoisotopic (exact) mass is 456 g/mol. The SMILES string of the molecule is Nc1nc(N/N=C/C=C/c2ccccc2[N+](=O)[O-])nc2c1ncn2C1OC(CO)C(O)C1O. The van der Waals surface area contributed by atoms with Gasteiger partial charge in [-0.15, -0.1) is 0 Å². The van der Waals surface area contributed by atoms with E-state index in [9.17, 15) is 25.4 Å². The number of rotatable bonds is 7. The lowest BCUT2D eigenvalue weighted by atomic mass is 10.1. The Morgan fingerprint density at radius 3 is 2.82 bits per heavy atom. The summed E-state index contributed by atoms with van der Waals surface area (Å²) >= 11 is 0. The number of aliphatic hydroxyl groups is 3. The molecule has 1 aromatic carbocycles. The topological polar surface area (TPSA) is 207 Å². The quantitative estimate of drug-likeness (QED) is 0.182. The van der Waals surface area contributed by atoms with Crippen molar-refractivity contribution in [2.24, 2.45) is 5.10 Å². The Morgan fingerprint density at radius 2 is 2.09 bits per heavy atom. The molecule has 0 aliphatic carbocycles. The van der Waals surface area contributed by atoms with Gasteiger partial charge >= 0.3 is 0 Å². The zero-order valence-electron chi connectivity index (χ0n) is 17.0. The molecule has 1 saturated heterocycles. The molecular weight excluding hydrogens is 436 g/mol. The number of fused-ring (bicyclic) bond motifs is 1. The highest BCUT2D eigenvalue weighted by Gasteiger charge is 2.44. The van der Waals surface area contributed by atoms with Crippen LogP contribution in [0, 0.1) is 10.1 Å². The number of nitrogen functional groups attached to an aromatic ring is 1. The Hall–Kier alpha value is -3.98. The maximum absolute atomic E-state index is 11.0. The number of anilines is 2. The molecule has 3 heterocycles. The molecule has 14 heteroatoms. The van der Waals surface area contributed by atoms with E-state index in [2.05, 4.69) is 25.5 Å². The molecule has 33 heavy (non-hydrogen) atoms. The molecule has 0 bridgehead atoms. The number of hydrazone groups is 1. The van der Waals surface area contributed by atoms with Crippen LogP contribution in [0.1, 0.15) is 11.8 Å². The number of ether oxygens (including phenoxy) is 1. The van der Waals surface area contributed by atoms with Gasteiger partial charge in [-0.05, 0) is 18.2 Å². The van der Waals surface area contributed by atoms with Crippen LogP contribution in [0.2, 0.25) is 0 Å². The minimum absolute atomic E-state index is 0.0174. The summed E-state index contributed by atoms with van der Waals surface area (Å²) in [4.78, 5) is 23.0. The van der Waals surface area contributed by atoms with E-state index in [1.54, 1.807) is 18.2 Å². The third-order valence-corrected chi connectivity index (χ3v) is 4.97. The second-order valence-electron chi connectivity index (χ2n) is 7.05. The van der Waals surface area contributed by atoms with E-state index in [0.29, 0.717) is 5.56 Å². The summed E-state index contributed by atoms with van der Waals surface area (Å²) < 4.78 is 6.89. The predicted molar refractivity (Wildman–Crippen MR) is 117 cm³/mol. The molecule has 172 valence electrons. The number of hydrogen-bond acceptors (Lipinski definition) is 12. The zero-order valence-corrected chi connectivity index (χ0v) is 17.0. The fourth-order valence-corrected chi connectivity index (χ4v) is 3.36. The first kappa shape index (κ1) is 22.2. The highest BCUT2D eigenvalue weighted by Crippen LogP contribution is 2.32. The van der Waals surface area contributed by atoms with Gasteiger partial charge in [0, 0.05) is 12.3 Å². The summed E-state index contributed by atoms with van der Waals surface area (Å²) in [6.07, 6.45) is 1.10. The average Bonchev–Trinajstić information content (AvgIpc) is 3.35. The molecule has 1 aliphatic rings. The fourth-order valence-electron chi connectivity index (χ4n) is 3.36. The number of nitro groups is 1. The molecule has 6 N–H and O–H groups in total. The highest BCUT2D eigenvalue weighted by molar-refractivity contribution is 5.83. The van der Waals surface area contributed by atoms with Crippen LogP contribution in [0.4, 0.5) is 17.5 Å². The highest BCUT2D eigenvalue weighted by atomic mass is 16.6. The third-order valence-electron chi connectivity index (χ3n) is 4.97. The Morgan fingerprint density at radius 1 is 1.30 bits per heavy atom. The number of imidazole rings is 1. The van der Waals surface area contributed by atoms with Gasteiger partial charge in [0.05, 0.1) is 23.4 Å². The van der Waals surface area contributed by atoms with E-state index < -0.39 is 36.1 Å². The van der Waals surface area contributed by atoms with Gasteiger partial charge in [-0.1, -0.05) is 12.1 Å². The summed E-state index contributed by atoms with van der Waals surface area (Å²) in [5.74, 6) is 0.0579. The van der Waals surface area contributed by atoms with E-state index >= 15 is 0 Å². The summed E-state index contributed by atoms with van der Waals surface area (Å²) in [5, 5.41) is 44.6. The molecule has 14 nitrogen and oxygen atoms in total. The van der Waals surface area contributed by atoms with Crippen molar-refractivity contribution in [3.05, 3.63) is 52.3 Å². The number of allylic oxidation sites excluding steroid dienone is 1. The van der Waals surface area contributed by atoms with E-state index in [1.807, 2.05) is 0 Å². The minimum atomic E-state index is -1.32. The number of para-hydroxylation sites is 1. The van der Waals surface area contributed by atoms with Gasteiger partial charge in [0.2, 0.25) is 5.95 Å². The average molecular weight is 456 g/mol. The Balaban J connectivity index is 1.53. The van der Waals surface area contributed by atoms with Crippen molar-refractivity contribution in [3.63, 3.8) is 0 Å². The number of nitrogens with zero attached hydrogens (tertiary/aromatic N) is 6. The van der Waals surface area contributed by atoms with E-state index in [-0.39, 0.29) is 28.6 Å². The molecule has 3 aromatic rings. The lowest BCUT2D eigenvalue weighted by Crippen LogP contribution is -2.33. The second kappa shape index (κ2) is 9.25. The molecule has 0 amide bonds. The summed E-state index contributed by atoms with van der Waals surface area (Å²) in [5.41, 5.74) is 9.39. The molecule has 0 saturated carbocycles. The molecule has 1 fully saturated rings. The lowest BCUT2D eigenvalue weighted by molar-refractivity contribution is -0.385. The minimum Gasteiger partial charge on any atom is -0.394 e. The number of nitrogens with one attached hydrogen (secondary N) is 1. The van der Waals surface area contributed by atoms with Crippen LogP contribution in [0.3, 0.4) is 0 Å². The van der Waals surface area contributed by atoms with E-state index in [0.717, 1.165) is 0 Å². The van der Waals surface area contributed by atoms with Gasteiger partial charge in [0.15, 0.2) is 17.7 Å². The van der Waals surface area contributed by atoms with Gasteiger partial charge in [-0.25, -0.2) is 10.4 Å². The smallest absolute Gasteiger partial charge is 0.276 e. The first-order chi connectivity index (χ1) is 15.9. The number of aromatic nitrogens is 4. The molecule has 1 aliphatic heterocycles. The lowest BCUT2D eigenvalue weighted by Gasteiger charge is -2.16. The van der Waals surface area contributed by atoms with Gasteiger partial charge in [0.1, 0.15) is 23.8 Å². The van der Waals surface area contributed by atoms with Crippen LogP contribution >= 0.6 is 0 Å². The van der Waals surface area contributed by atoms with Crippen molar-refractivity contribution in [2.75, 3.05) is 17.8 Å². The first-order valence-electron chi connectivity index (χ1n) is 9.72. The van der Waals surface area contributed by atoms with Crippen molar-refractivity contribution in [3.8, 4) is 0 Å². The van der Waals surface area contributed by atoms with Crippen LogP contribution in [-0.2, 0) is 4.74 Å². The molecule has 2 aromatic heterocycles. The number of benzene rings is 1. The maximum atomic E-state index is 11.0. The predicted octanol–water partition coefficient (Wildman–Crippen LogP) is 0.0393. The normalized spacial score (nSPS) is 23.1. The van der Waals surface area contributed by atoms with Gasteiger partial charge in [-0.3, -0.25) is 14.7 Å². The van der Waals surface area contributed by atoms with Crippen molar-refractivity contribution in [1.29, 1.82) is 0 Å². The van der Waals surface area contributed by atoms with Crippen molar-refractivity contribution < 1.29 is 25.0 Å². The van der Waals surface area contributed by atoms with Crippen molar-refractivity contribution in [2.45, 2.75) is 24.5 Å². The number of aliphatic hydroxyl groups excluding tert-OH is 3. The first-order valence-corrected chi connectivity index (χ1v) is 9.72. The molecular formula is C19H20N8O6. The summed E-state index contributed by atoms with van der Waals surface area (Å²) in [7, 11) is 0. The summed E-state index contributed by atoms with van der Waals surface area (Å²) in [6, 6.07) is 6.27.